The number of fused-ring (bicyclic) bond motifs is 1. The Morgan fingerprint density at radius 2 is 2.42 bits per heavy atom. The Balaban J connectivity index is 2.41. The Hall–Kier alpha value is -1.51. The lowest BCUT2D eigenvalue weighted by molar-refractivity contribution is -0.105. The van der Waals surface area contributed by atoms with E-state index in [1.54, 1.807) is 0 Å². The van der Waals surface area contributed by atoms with Crippen LogP contribution >= 0.6 is 0 Å². The van der Waals surface area contributed by atoms with Crippen molar-refractivity contribution >= 4 is 6.29 Å². The molecule has 3 nitrogen and oxygen atoms in total. The second-order valence-electron chi connectivity index (χ2n) is 2.84. The van der Waals surface area contributed by atoms with Gasteiger partial charge >= 0.3 is 0 Å². The highest BCUT2D eigenvalue weighted by molar-refractivity contribution is 5.76. The fraction of sp³-hybridized carbons (Fsp3) is 0.222. The Morgan fingerprint density at radius 3 is 3.17 bits per heavy atom. The van der Waals surface area contributed by atoms with E-state index < -0.39 is 0 Å². The highest BCUT2D eigenvalue weighted by atomic mass is 16.1. The molecule has 2 heterocycles. The van der Waals surface area contributed by atoms with Crippen molar-refractivity contribution in [2.75, 3.05) is 0 Å². The van der Waals surface area contributed by atoms with Gasteiger partial charge in [0, 0.05) is 6.20 Å². The van der Waals surface area contributed by atoms with Crippen LogP contribution in [0.1, 0.15) is 6.92 Å². The van der Waals surface area contributed by atoms with Gasteiger partial charge in [0.05, 0.1) is 5.70 Å². The van der Waals surface area contributed by atoms with E-state index in [9.17, 15) is 4.79 Å². The molecule has 2 aliphatic heterocycles. The van der Waals surface area contributed by atoms with Gasteiger partial charge in [-0.25, -0.2) is 0 Å². The van der Waals surface area contributed by atoms with Gasteiger partial charge in [0.2, 0.25) is 0 Å². The molecule has 3 heteroatoms. The molecule has 1 N–H and O–H groups in total. The molecule has 0 amide bonds. The summed E-state index contributed by atoms with van der Waals surface area (Å²) in [4.78, 5) is 12.6. The summed E-state index contributed by atoms with van der Waals surface area (Å²) in [5.74, 6) is 0. The third-order valence-corrected chi connectivity index (χ3v) is 2.07. The monoisotopic (exact) mass is 162 g/mol. The van der Waals surface area contributed by atoms with Crippen molar-refractivity contribution in [2.24, 2.45) is 0 Å². The van der Waals surface area contributed by atoms with Crippen molar-refractivity contribution in [3.8, 4) is 0 Å². The van der Waals surface area contributed by atoms with E-state index in [0.717, 1.165) is 12.0 Å². The van der Waals surface area contributed by atoms with Crippen LogP contribution in [0, 0.1) is 0 Å². The Labute approximate surface area is 71.0 Å². The first-order valence-electron chi connectivity index (χ1n) is 3.92. The number of rotatable bonds is 1. The normalized spacial score (nSPS) is 25.8. The van der Waals surface area contributed by atoms with Crippen LogP contribution in [-0.4, -0.2) is 17.4 Å². The first-order valence-corrected chi connectivity index (χ1v) is 3.92. The Bertz CT molecular complexity index is 302. The highest BCUT2D eigenvalue weighted by Gasteiger charge is 2.25. The van der Waals surface area contributed by atoms with E-state index in [4.69, 9.17) is 0 Å². The average Bonchev–Trinajstić information content (AvgIpc) is 2.44. The zero-order chi connectivity index (χ0) is 8.55. The predicted octanol–water partition coefficient (Wildman–Crippen LogP) is 0.732. The Kier molecular flexibility index (Phi) is 1.50. The summed E-state index contributed by atoms with van der Waals surface area (Å²) in [5, 5.41) is 3.08. The topological polar surface area (TPSA) is 32.3 Å². The van der Waals surface area contributed by atoms with Crippen molar-refractivity contribution < 1.29 is 4.79 Å². The van der Waals surface area contributed by atoms with Gasteiger partial charge in [0.25, 0.3) is 0 Å². The number of aldehydes is 1. The Morgan fingerprint density at radius 1 is 1.58 bits per heavy atom. The zero-order valence-electron chi connectivity index (χ0n) is 6.82. The molecular formula is C9H10N2O. The van der Waals surface area contributed by atoms with E-state index in [1.807, 2.05) is 36.3 Å². The standard InChI is InChI=1S/C9H10N2O/c1-7-10-8(6-12)9-4-2-3-5-11(7)9/h2-7,10H,1H3. The molecule has 1 unspecified atom stereocenters. The predicted molar refractivity (Wildman–Crippen MR) is 45.8 cm³/mol. The molecule has 2 aliphatic rings. The third-order valence-electron chi connectivity index (χ3n) is 2.07. The van der Waals surface area contributed by atoms with Gasteiger partial charge in [-0.15, -0.1) is 0 Å². The summed E-state index contributed by atoms with van der Waals surface area (Å²) >= 11 is 0. The molecule has 12 heavy (non-hydrogen) atoms. The number of nitrogens with one attached hydrogen (secondary N) is 1. The maximum Gasteiger partial charge on any atom is 0.168 e. The lowest BCUT2D eigenvalue weighted by Gasteiger charge is -2.22. The molecule has 0 fully saturated rings. The van der Waals surface area contributed by atoms with E-state index in [0.29, 0.717) is 5.70 Å². The van der Waals surface area contributed by atoms with Crippen molar-refractivity contribution in [3.63, 3.8) is 0 Å². The fourth-order valence-corrected chi connectivity index (χ4v) is 1.48. The van der Waals surface area contributed by atoms with Gasteiger partial charge in [-0.1, -0.05) is 6.08 Å². The summed E-state index contributed by atoms with van der Waals surface area (Å²) in [6, 6.07) is 0. The fourth-order valence-electron chi connectivity index (χ4n) is 1.48. The van der Waals surface area contributed by atoms with E-state index in [2.05, 4.69) is 5.32 Å². The number of carbonyl (C=O) groups is 1. The smallest absolute Gasteiger partial charge is 0.168 e. The van der Waals surface area contributed by atoms with Crippen LogP contribution in [0.2, 0.25) is 0 Å². The van der Waals surface area contributed by atoms with E-state index >= 15 is 0 Å². The summed E-state index contributed by atoms with van der Waals surface area (Å²) < 4.78 is 0. The second kappa shape index (κ2) is 2.52. The van der Waals surface area contributed by atoms with Gasteiger partial charge in [0.1, 0.15) is 11.9 Å². The van der Waals surface area contributed by atoms with E-state index in [-0.39, 0.29) is 6.17 Å². The van der Waals surface area contributed by atoms with Crippen LogP contribution in [0.5, 0.6) is 0 Å². The molecule has 0 aromatic heterocycles. The minimum absolute atomic E-state index is 0.182. The van der Waals surface area contributed by atoms with Gasteiger partial charge in [0.15, 0.2) is 6.29 Å². The van der Waals surface area contributed by atoms with Crippen LogP contribution in [0.15, 0.2) is 35.8 Å². The van der Waals surface area contributed by atoms with Gasteiger partial charge in [-0.2, -0.15) is 0 Å². The number of allylic oxidation sites excluding steroid dienone is 4. The molecule has 1 atom stereocenters. The van der Waals surface area contributed by atoms with Gasteiger partial charge in [-0.3, -0.25) is 4.79 Å². The quantitative estimate of drug-likeness (QED) is 0.577. The molecule has 0 spiro atoms. The van der Waals surface area contributed by atoms with Crippen LogP contribution in [0.25, 0.3) is 0 Å². The number of hydrogen-bond donors (Lipinski definition) is 1. The number of carbonyl (C=O) groups excluding carboxylic acids is 1. The minimum Gasteiger partial charge on any atom is -0.361 e. The molecule has 0 bridgehead atoms. The number of nitrogens with zero attached hydrogens (tertiary/aromatic N) is 1. The van der Waals surface area contributed by atoms with Gasteiger partial charge in [-0.05, 0) is 19.1 Å². The van der Waals surface area contributed by atoms with Crippen LogP contribution < -0.4 is 5.32 Å². The SMILES string of the molecule is CC1NC(C=O)=C2C=CC=CN21. The molecule has 0 saturated heterocycles. The largest absolute Gasteiger partial charge is 0.361 e. The average molecular weight is 162 g/mol. The molecule has 0 aliphatic carbocycles. The summed E-state index contributed by atoms with van der Waals surface area (Å²) in [7, 11) is 0. The van der Waals surface area contributed by atoms with Crippen LogP contribution in [0.4, 0.5) is 0 Å². The molecule has 0 aromatic rings. The second-order valence-corrected chi connectivity index (χ2v) is 2.84. The molecule has 62 valence electrons. The van der Waals surface area contributed by atoms with Gasteiger partial charge < -0.3 is 10.2 Å². The first kappa shape index (κ1) is 7.16. The zero-order valence-corrected chi connectivity index (χ0v) is 6.82. The number of hydrogen-bond acceptors (Lipinski definition) is 3. The van der Waals surface area contributed by atoms with Crippen LogP contribution in [-0.2, 0) is 4.79 Å². The summed E-state index contributed by atoms with van der Waals surface area (Å²) in [6.45, 7) is 2.01. The third kappa shape index (κ3) is 0.863. The molecule has 0 aromatic carbocycles. The summed E-state index contributed by atoms with van der Waals surface area (Å²) in [5.41, 5.74) is 1.63. The van der Waals surface area contributed by atoms with Crippen LogP contribution in [0.3, 0.4) is 0 Å². The van der Waals surface area contributed by atoms with Crippen molar-refractivity contribution in [1.29, 1.82) is 0 Å². The van der Waals surface area contributed by atoms with E-state index in [1.165, 1.54) is 0 Å². The molecular weight excluding hydrogens is 152 g/mol. The maximum atomic E-state index is 10.6. The minimum atomic E-state index is 0.182. The van der Waals surface area contributed by atoms with Crippen molar-refractivity contribution in [3.05, 3.63) is 35.8 Å². The first-order chi connectivity index (χ1) is 5.83. The molecule has 0 saturated carbocycles. The summed E-state index contributed by atoms with van der Waals surface area (Å²) in [6.07, 6.45) is 8.81. The van der Waals surface area contributed by atoms with Crippen molar-refractivity contribution in [2.45, 2.75) is 13.1 Å². The molecule has 2 rings (SSSR count). The molecule has 0 radical (unpaired) electrons. The van der Waals surface area contributed by atoms with Crippen molar-refractivity contribution in [1.82, 2.24) is 10.2 Å². The lowest BCUT2D eigenvalue weighted by atomic mass is 10.2. The highest BCUT2D eigenvalue weighted by Crippen LogP contribution is 2.22. The lowest BCUT2D eigenvalue weighted by Crippen LogP contribution is -2.30. The maximum absolute atomic E-state index is 10.6.